The maximum atomic E-state index is 13.5. The first-order valence-corrected chi connectivity index (χ1v) is 10.0. The zero-order valence-electron chi connectivity index (χ0n) is 16.9. The fraction of sp³-hybridized carbons (Fsp3) is 0.0385. The molecule has 1 amide bonds. The van der Waals surface area contributed by atoms with Gasteiger partial charge in [0.2, 0.25) is 5.43 Å². The van der Waals surface area contributed by atoms with Crippen molar-refractivity contribution in [1.29, 1.82) is 0 Å². The lowest BCUT2D eigenvalue weighted by atomic mass is 10.1. The van der Waals surface area contributed by atoms with Crippen LogP contribution in [0.4, 0.5) is 5.69 Å². The van der Waals surface area contributed by atoms with Gasteiger partial charge in [-0.05, 0) is 36.4 Å². The maximum Gasteiger partial charge on any atom is 0.265 e. The van der Waals surface area contributed by atoms with Crippen molar-refractivity contribution in [3.63, 3.8) is 0 Å². The molecule has 156 valence electrons. The van der Waals surface area contributed by atoms with Crippen LogP contribution < -0.4 is 15.8 Å². The van der Waals surface area contributed by atoms with Gasteiger partial charge in [0.05, 0.1) is 29.1 Å². The van der Waals surface area contributed by atoms with E-state index in [4.69, 9.17) is 8.83 Å². The zero-order valence-corrected chi connectivity index (χ0v) is 16.9. The molecule has 0 N–H and O–H groups in total. The summed E-state index contributed by atoms with van der Waals surface area (Å²) in [5, 5.41) is 0.743. The van der Waals surface area contributed by atoms with Gasteiger partial charge in [-0.25, -0.2) is 0 Å². The van der Waals surface area contributed by atoms with Crippen LogP contribution in [0.2, 0.25) is 0 Å². The number of benzene rings is 3. The monoisotopic (exact) mass is 423 g/mol. The fourth-order valence-corrected chi connectivity index (χ4v) is 3.66. The maximum absolute atomic E-state index is 13.5. The lowest BCUT2D eigenvalue weighted by Gasteiger charge is -2.22. The van der Waals surface area contributed by atoms with E-state index in [1.165, 1.54) is 17.4 Å². The van der Waals surface area contributed by atoms with Gasteiger partial charge in [0.1, 0.15) is 23.0 Å². The first kappa shape index (κ1) is 19.5. The smallest absolute Gasteiger partial charge is 0.265 e. The van der Waals surface area contributed by atoms with Gasteiger partial charge >= 0.3 is 0 Å². The molecule has 0 aliphatic rings. The Labute approximate surface area is 181 Å². The highest BCUT2D eigenvalue weighted by molar-refractivity contribution is 6.07. The van der Waals surface area contributed by atoms with Crippen molar-refractivity contribution in [2.24, 2.45) is 0 Å². The Bertz CT molecular complexity index is 1570. The van der Waals surface area contributed by atoms with E-state index in [0.29, 0.717) is 33.2 Å². The number of nitrogens with zero attached hydrogens (tertiary/aromatic N) is 1. The van der Waals surface area contributed by atoms with E-state index in [1.54, 1.807) is 72.8 Å². The number of amides is 1. The van der Waals surface area contributed by atoms with Crippen LogP contribution in [0.5, 0.6) is 0 Å². The third-order valence-corrected chi connectivity index (χ3v) is 5.30. The first-order chi connectivity index (χ1) is 15.6. The highest BCUT2D eigenvalue weighted by atomic mass is 16.3. The van der Waals surface area contributed by atoms with Gasteiger partial charge in [-0.3, -0.25) is 14.4 Å². The number of anilines is 1. The highest BCUT2D eigenvalue weighted by Crippen LogP contribution is 2.21. The lowest BCUT2D eigenvalue weighted by Crippen LogP contribution is -2.35. The second-order valence-electron chi connectivity index (χ2n) is 7.29. The number of para-hydroxylation sites is 3. The van der Waals surface area contributed by atoms with Crippen LogP contribution in [0, 0.1) is 0 Å². The summed E-state index contributed by atoms with van der Waals surface area (Å²) in [5.74, 6) is -0.566. The molecule has 3 aromatic carbocycles. The highest BCUT2D eigenvalue weighted by Gasteiger charge is 2.24. The molecule has 2 heterocycles. The van der Waals surface area contributed by atoms with Gasteiger partial charge in [0.15, 0.2) is 5.43 Å². The summed E-state index contributed by atoms with van der Waals surface area (Å²) in [4.78, 5) is 40.9. The predicted octanol–water partition coefficient (Wildman–Crippen LogP) is 4.75. The molecule has 0 unspecified atom stereocenters. The van der Waals surface area contributed by atoms with Crippen molar-refractivity contribution in [2.75, 3.05) is 4.90 Å². The van der Waals surface area contributed by atoms with Crippen LogP contribution in [0.1, 0.15) is 15.9 Å². The molecule has 0 bridgehead atoms. The van der Waals surface area contributed by atoms with Gasteiger partial charge < -0.3 is 13.7 Å². The number of rotatable bonds is 4. The van der Waals surface area contributed by atoms with Crippen LogP contribution in [0.25, 0.3) is 21.9 Å². The van der Waals surface area contributed by atoms with E-state index in [-0.39, 0.29) is 17.5 Å². The molecule has 0 saturated heterocycles. The molecule has 0 saturated carbocycles. The number of carbonyl (C=O) groups excluding carboxylic acids is 1. The summed E-state index contributed by atoms with van der Waals surface area (Å²) in [5.41, 5.74) is 0.931. The standard InChI is InChI=1S/C26H17NO5/c28-24-17(15-31-22-12-6-4-10-19(22)24)14-27(18-8-2-1-3-9-18)26(30)21-16-32-23-13-7-5-11-20(23)25(21)29/h1-13,15-16H,14H2. The quantitative estimate of drug-likeness (QED) is 0.417. The lowest BCUT2D eigenvalue weighted by molar-refractivity contribution is 0.0982. The largest absolute Gasteiger partial charge is 0.464 e. The van der Waals surface area contributed by atoms with Crippen molar-refractivity contribution < 1.29 is 13.6 Å². The molecule has 0 spiro atoms. The summed E-state index contributed by atoms with van der Waals surface area (Å²) in [6.07, 6.45) is 2.53. The molecule has 0 aliphatic carbocycles. The van der Waals surface area contributed by atoms with Gasteiger partial charge in [0.25, 0.3) is 5.91 Å². The molecule has 0 fully saturated rings. The van der Waals surface area contributed by atoms with Crippen LogP contribution in [-0.2, 0) is 6.54 Å². The van der Waals surface area contributed by atoms with Crippen molar-refractivity contribution in [2.45, 2.75) is 6.54 Å². The Hall–Kier alpha value is -4.45. The van der Waals surface area contributed by atoms with Crippen molar-refractivity contribution >= 4 is 33.5 Å². The van der Waals surface area contributed by atoms with E-state index in [9.17, 15) is 14.4 Å². The number of fused-ring (bicyclic) bond motifs is 2. The molecule has 2 aromatic heterocycles. The molecule has 32 heavy (non-hydrogen) atoms. The molecular weight excluding hydrogens is 406 g/mol. The average molecular weight is 423 g/mol. The Balaban J connectivity index is 1.62. The zero-order chi connectivity index (χ0) is 22.1. The minimum atomic E-state index is -0.566. The third-order valence-electron chi connectivity index (χ3n) is 5.30. The molecule has 5 aromatic rings. The molecule has 0 radical (unpaired) electrons. The second kappa shape index (κ2) is 8.00. The third kappa shape index (κ3) is 3.37. The molecule has 5 rings (SSSR count). The molecular formula is C26H17NO5. The van der Waals surface area contributed by atoms with Crippen LogP contribution in [0.3, 0.4) is 0 Å². The van der Waals surface area contributed by atoms with Crippen molar-refractivity contribution in [3.05, 3.63) is 123 Å². The SMILES string of the molecule is O=C(c1coc2ccccc2c1=O)N(Cc1coc2ccccc2c1=O)c1ccccc1. The van der Waals surface area contributed by atoms with E-state index in [0.717, 1.165) is 0 Å². The molecule has 0 atom stereocenters. The van der Waals surface area contributed by atoms with Gasteiger partial charge in [-0.1, -0.05) is 42.5 Å². The van der Waals surface area contributed by atoms with Gasteiger partial charge in [-0.2, -0.15) is 0 Å². The fourth-order valence-electron chi connectivity index (χ4n) is 3.66. The van der Waals surface area contributed by atoms with E-state index in [1.807, 2.05) is 6.07 Å². The summed E-state index contributed by atoms with van der Waals surface area (Å²) >= 11 is 0. The number of hydrogen-bond donors (Lipinski definition) is 0. The summed E-state index contributed by atoms with van der Waals surface area (Å²) in [7, 11) is 0. The number of carbonyl (C=O) groups is 1. The van der Waals surface area contributed by atoms with E-state index >= 15 is 0 Å². The van der Waals surface area contributed by atoms with Crippen molar-refractivity contribution in [3.8, 4) is 0 Å². The van der Waals surface area contributed by atoms with Crippen LogP contribution in [0.15, 0.2) is 110 Å². The first-order valence-electron chi connectivity index (χ1n) is 10.0. The Kier molecular flexibility index (Phi) is 4.88. The number of hydrogen-bond acceptors (Lipinski definition) is 5. The average Bonchev–Trinajstić information content (AvgIpc) is 2.84. The van der Waals surface area contributed by atoms with Gasteiger partial charge in [-0.15, -0.1) is 0 Å². The predicted molar refractivity (Wildman–Crippen MR) is 122 cm³/mol. The molecule has 6 nitrogen and oxygen atoms in total. The van der Waals surface area contributed by atoms with Gasteiger partial charge in [0, 0.05) is 5.69 Å². The summed E-state index contributed by atoms with van der Waals surface area (Å²) < 4.78 is 11.1. The minimum Gasteiger partial charge on any atom is -0.464 e. The Morgan fingerprint density at radius 2 is 1.25 bits per heavy atom. The van der Waals surface area contributed by atoms with Crippen LogP contribution >= 0.6 is 0 Å². The topological polar surface area (TPSA) is 80.7 Å². The molecule has 6 heteroatoms. The minimum absolute atomic E-state index is 0.0672. The molecule has 0 aliphatic heterocycles. The van der Waals surface area contributed by atoms with E-state index < -0.39 is 11.3 Å². The van der Waals surface area contributed by atoms with Crippen molar-refractivity contribution in [1.82, 2.24) is 0 Å². The second-order valence-corrected chi connectivity index (χ2v) is 7.29. The summed E-state index contributed by atoms with van der Waals surface area (Å²) in [6.45, 7) is -0.0672. The van der Waals surface area contributed by atoms with E-state index in [2.05, 4.69) is 0 Å². The summed E-state index contributed by atoms with van der Waals surface area (Å²) in [6, 6.07) is 22.5. The Morgan fingerprint density at radius 3 is 1.94 bits per heavy atom. The van der Waals surface area contributed by atoms with Crippen LogP contribution in [-0.4, -0.2) is 5.91 Å². The Morgan fingerprint density at radius 1 is 0.688 bits per heavy atom. The normalized spacial score (nSPS) is 11.0.